The number of pyridine rings is 1. The van der Waals surface area contributed by atoms with Crippen LogP contribution in [0.1, 0.15) is 38.8 Å². The molecule has 0 spiro atoms. The van der Waals surface area contributed by atoms with Crippen molar-refractivity contribution in [3.8, 4) is 0 Å². The molecule has 25 heavy (non-hydrogen) atoms. The van der Waals surface area contributed by atoms with Crippen molar-refractivity contribution in [1.29, 1.82) is 5.41 Å². The first kappa shape index (κ1) is 17.6. The van der Waals surface area contributed by atoms with Crippen molar-refractivity contribution in [3.63, 3.8) is 0 Å². The lowest BCUT2D eigenvalue weighted by Gasteiger charge is -2.32. The SMILES string of the molecule is CNc1ncc(B2OC(C)(C)C(C)(C)O2)cc1C(=N)c1cnn(C)c1. The number of hydrogen-bond donors (Lipinski definition) is 2. The summed E-state index contributed by atoms with van der Waals surface area (Å²) < 4.78 is 13.9. The highest BCUT2D eigenvalue weighted by molar-refractivity contribution is 6.62. The highest BCUT2D eigenvalue weighted by atomic mass is 16.7. The summed E-state index contributed by atoms with van der Waals surface area (Å²) in [6, 6.07) is 1.90. The number of anilines is 1. The minimum Gasteiger partial charge on any atom is -0.399 e. The van der Waals surface area contributed by atoms with E-state index in [-0.39, 0.29) is 0 Å². The van der Waals surface area contributed by atoms with Gasteiger partial charge in [0.1, 0.15) is 5.82 Å². The third kappa shape index (κ3) is 3.07. The van der Waals surface area contributed by atoms with E-state index in [4.69, 9.17) is 14.7 Å². The Morgan fingerprint density at radius 2 is 1.84 bits per heavy atom. The predicted octanol–water partition coefficient (Wildman–Crippen LogP) is 1.57. The summed E-state index contributed by atoms with van der Waals surface area (Å²) >= 11 is 0. The molecule has 1 aliphatic heterocycles. The highest BCUT2D eigenvalue weighted by Gasteiger charge is 2.51. The standard InChI is InChI=1S/C17H24BN5O2/c1-16(2)17(3,4)25-18(24-16)12-7-13(15(20-5)21-9-12)14(19)11-8-22-23(6)10-11/h7-10,19H,1-6H3,(H,20,21). The van der Waals surface area contributed by atoms with E-state index in [1.165, 1.54) is 0 Å². The van der Waals surface area contributed by atoms with E-state index in [0.29, 0.717) is 17.1 Å². The van der Waals surface area contributed by atoms with E-state index < -0.39 is 18.3 Å². The lowest BCUT2D eigenvalue weighted by atomic mass is 9.79. The third-order valence-corrected chi connectivity index (χ3v) is 4.93. The fourth-order valence-electron chi connectivity index (χ4n) is 2.68. The molecule has 132 valence electrons. The van der Waals surface area contributed by atoms with E-state index in [1.54, 1.807) is 24.1 Å². The Hall–Kier alpha value is -2.19. The average molecular weight is 341 g/mol. The van der Waals surface area contributed by atoms with Crippen LogP contribution in [0, 0.1) is 5.41 Å². The number of hydrogen-bond acceptors (Lipinski definition) is 6. The van der Waals surface area contributed by atoms with Gasteiger partial charge in [0.25, 0.3) is 0 Å². The normalized spacial score (nSPS) is 18.4. The minimum atomic E-state index is -0.510. The second-order valence-corrected chi connectivity index (χ2v) is 7.28. The molecule has 0 saturated carbocycles. The molecule has 0 radical (unpaired) electrons. The number of nitrogens with one attached hydrogen (secondary N) is 2. The Kier molecular flexibility index (Phi) is 4.21. The van der Waals surface area contributed by atoms with Gasteiger partial charge in [-0.25, -0.2) is 4.98 Å². The smallest absolute Gasteiger partial charge is 0.399 e. The summed E-state index contributed by atoms with van der Waals surface area (Å²) in [5.74, 6) is 0.633. The van der Waals surface area contributed by atoms with Crippen molar-refractivity contribution in [1.82, 2.24) is 14.8 Å². The summed E-state index contributed by atoms with van der Waals surface area (Å²) in [6.07, 6.45) is 5.21. The van der Waals surface area contributed by atoms with E-state index in [0.717, 1.165) is 11.0 Å². The molecule has 3 rings (SSSR count). The molecule has 0 aliphatic carbocycles. The van der Waals surface area contributed by atoms with Gasteiger partial charge in [0.2, 0.25) is 0 Å². The predicted molar refractivity (Wildman–Crippen MR) is 98.6 cm³/mol. The van der Waals surface area contributed by atoms with Crippen molar-refractivity contribution in [3.05, 3.63) is 35.8 Å². The van der Waals surface area contributed by atoms with Crippen molar-refractivity contribution in [2.45, 2.75) is 38.9 Å². The maximum Gasteiger partial charge on any atom is 0.496 e. The van der Waals surface area contributed by atoms with Gasteiger partial charge in [0.15, 0.2) is 0 Å². The maximum absolute atomic E-state index is 8.54. The van der Waals surface area contributed by atoms with Gasteiger partial charge >= 0.3 is 7.12 Å². The van der Waals surface area contributed by atoms with Crippen LogP contribution in [0.3, 0.4) is 0 Å². The van der Waals surface area contributed by atoms with Gasteiger partial charge in [-0.1, -0.05) is 0 Å². The van der Waals surface area contributed by atoms with E-state index in [1.807, 2.05) is 47.0 Å². The summed E-state index contributed by atoms with van der Waals surface area (Å²) in [6.45, 7) is 8.06. The van der Waals surface area contributed by atoms with Gasteiger partial charge in [0.05, 0.1) is 23.1 Å². The largest absolute Gasteiger partial charge is 0.496 e. The number of aryl methyl sites for hydroxylation is 1. The zero-order chi connectivity index (χ0) is 18.4. The average Bonchev–Trinajstić information content (AvgIpc) is 3.07. The second kappa shape index (κ2) is 5.96. The molecule has 3 heterocycles. The van der Waals surface area contributed by atoms with Crippen LogP contribution in [0.2, 0.25) is 0 Å². The van der Waals surface area contributed by atoms with Gasteiger partial charge in [-0.2, -0.15) is 5.10 Å². The Morgan fingerprint density at radius 1 is 1.20 bits per heavy atom. The van der Waals surface area contributed by atoms with Gasteiger partial charge in [0, 0.05) is 43.1 Å². The van der Waals surface area contributed by atoms with Gasteiger partial charge < -0.3 is 14.6 Å². The molecule has 0 unspecified atom stereocenters. The molecule has 2 aromatic heterocycles. The summed E-state index contributed by atoms with van der Waals surface area (Å²) in [4.78, 5) is 4.45. The van der Waals surface area contributed by atoms with Crippen LogP contribution in [-0.2, 0) is 16.4 Å². The van der Waals surface area contributed by atoms with Crippen molar-refractivity contribution >= 4 is 24.1 Å². The summed E-state index contributed by atoms with van der Waals surface area (Å²) in [7, 11) is 3.11. The molecule has 7 nitrogen and oxygen atoms in total. The Morgan fingerprint density at radius 3 is 2.36 bits per heavy atom. The van der Waals surface area contributed by atoms with Crippen LogP contribution in [0.25, 0.3) is 0 Å². The zero-order valence-corrected chi connectivity index (χ0v) is 15.5. The number of nitrogens with zero attached hydrogens (tertiary/aromatic N) is 3. The molecule has 8 heteroatoms. The lowest BCUT2D eigenvalue weighted by Crippen LogP contribution is -2.41. The van der Waals surface area contributed by atoms with Crippen molar-refractivity contribution < 1.29 is 9.31 Å². The van der Waals surface area contributed by atoms with E-state index >= 15 is 0 Å². The second-order valence-electron chi connectivity index (χ2n) is 7.28. The fourth-order valence-corrected chi connectivity index (χ4v) is 2.68. The van der Waals surface area contributed by atoms with E-state index in [2.05, 4.69) is 15.4 Å². The van der Waals surface area contributed by atoms with Gasteiger partial charge in [-0.05, 0) is 33.8 Å². The first-order valence-corrected chi connectivity index (χ1v) is 8.26. The Bertz CT molecular complexity index is 799. The number of rotatable bonds is 4. The third-order valence-electron chi connectivity index (χ3n) is 4.93. The van der Waals surface area contributed by atoms with Crippen molar-refractivity contribution in [2.24, 2.45) is 7.05 Å². The first-order chi connectivity index (χ1) is 11.6. The van der Waals surface area contributed by atoms with Crippen LogP contribution < -0.4 is 10.8 Å². The first-order valence-electron chi connectivity index (χ1n) is 8.26. The Balaban J connectivity index is 1.98. The molecule has 0 amide bonds. The molecule has 0 aromatic carbocycles. The molecule has 2 N–H and O–H groups in total. The summed E-state index contributed by atoms with van der Waals surface area (Å²) in [5, 5.41) is 15.7. The quantitative estimate of drug-likeness (QED) is 0.651. The molecule has 0 atom stereocenters. The topological polar surface area (TPSA) is 85.1 Å². The van der Waals surface area contributed by atoms with Crippen LogP contribution in [0.15, 0.2) is 24.7 Å². The van der Waals surface area contributed by atoms with Crippen molar-refractivity contribution in [2.75, 3.05) is 12.4 Å². The molecular weight excluding hydrogens is 317 g/mol. The van der Waals surface area contributed by atoms with E-state index in [9.17, 15) is 0 Å². The molecule has 1 fully saturated rings. The minimum absolute atomic E-state index is 0.350. The molecule has 1 aliphatic rings. The van der Waals surface area contributed by atoms with Gasteiger partial charge in [-0.3, -0.25) is 10.1 Å². The molecule has 1 saturated heterocycles. The van der Waals surface area contributed by atoms with Crippen LogP contribution in [0.5, 0.6) is 0 Å². The maximum atomic E-state index is 8.54. The molecule has 0 bridgehead atoms. The fraction of sp³-hybridized carbons (Fsp3) is 0.471. The Labute approximate surface area is 148 Å². The van der Waals surface area contributed by atoms with Crippen LogP contribution >= 0.6 is 0 Å². The lowest BCUT2D eigenvalue weighted by molar-refractivity contribution is 0.00578. The monoisotopic (exact) mass is 341 g/mol. The number of aromatic nitrogens is 3. The molecule has 2 aromatic rings. The van der Waals surface area contributed by atoms with Crippen LogP contribution in [-0.4, -0.2) is 45.8 Å². The molecular formula is C17H24BN5O2. The zero-order valence-electron chi connectivity index (χ0n) is 15.5. The van der Waals surface area contributed by atoms with Gasteiger partial charge in [-0.15, -0.1) is 0 Å². The summed E-state index contributed by atoms with van der Waals surface area (Å²) in [5.41, 5.74) is 1.71. The highest BCUT2D eigenvalue weighted by Crippen LogP contribution is 2.36. The van der Waals surface area contributed by atoms with Crippen LogP contribution in [0.4, 0.5) is 5.82 Å².